The van der Waals surface area contributed by atoms with Crippen molar-refractivity contribution < 1.29 is 31.8 Å². The molecule has 0 radical (unpaired) electrons. The van der Waals surface area contributed by atoms with Gasteiger partial charge >= 0.3 is 17.1 Å². The number of carbonyl (C=O) groups is 2. The van der Waals surface area contributed by atoms with Gasteiger partial charge in [-0.1, -0.05) is 0 Å². The minimum Gasteiger partial charge on any atom is -0.550 e. The normalized spacial score (nSPS) is 6.82. The summed E-state index contributed by atoms with van der Waals surface area (Å²) in [5.41, 5.74) is 0. The molecule has 0 saturated carbocycles. The Balaban J connectivity index is -0.000000140. The van der Waals surface area contributed by atoms with E-state index in [2.05, 4.69) is 0 Å². The van der Waals surface area contributed by atoms with Gasteiger partial charge in [-0.05, 0) is 6.92 Å². The second-order valence-corrected chi connectivity index (χ2v) is 1.83. The summed E-state index contributed by atoms with van der Waals surface area (Å²) < 4.78 is 0. The number of carboxylic acid groups (broad SMARTS) is 1. The molecule has 0 fully saturated rings. The Kier molecular flexibility index (Phi) is 19.0. The SMILES string of the molecule is CC(=O)CC(=O)[O-].C[CH-]C.[Fe+2]. The number of Topliss-reactive ketones (excluding diaryl/α,β-unsaturated/α-hetero) is 1. The van der Waals surface area contributed by atoms with Crippen molar-refractivity contribution in [3.63, 3.8) is 0 Å². The predicted octanol–water partition coefficient (Wildman–Crippen LogP) is -0.0566. The Morgan fingerprint density at radius 1 is 1.36 bits per heavy atom. The maximum absolute atomic E-state index is 9.83. The van der Waals surface area contributed by atoms with Crippen molar-refractivity contribution >= 4 is 11.8 Å². The van der Waals surface area contributed by atoms with Crippen LogP contribution in [0, 0.1) is 6.42 Å². The molecule has 0 aromatic heterocycles. The van der Waals surface area contributed by atoms with E-state index in [1.165, 1.54) is 6.92 Å². The van der Waals surface area contributed by atoms with Gasteiger partial charge in [0.05, 0.1) is 0 Å². The molecule has 0 aromatic rings. The van der Waals surface area contributed by atoms with Crippen LogP contribution in [0.3, 0.4) is 0 Å². The molecule has 0 aromatic carbocycles. The van der Waals surface area contributed by atoms with E-state index < -0.39 is 12.4 Å². The van der Waals surface area contributed by atoms with Crippen molar-refractivity contribution in [3.8, 4) is 0 Å². The van der Waals surface area contributed by atoms with Crippen molar-refractivity contribution in [1.82, 2.24) is 0 Å². The van der Waals surface area contributed by atoms with Crippen LogP contribution in [0.4, 0.5) is 0 Å². The number of hydrogen-bond donors (Lipinski definition) is 0. The number of ketones is 1. The third-order valence-electron chi connectivity index (χ3n) is 0.393. The van der Waals surface area contributed by atoms with E-state index in [9.17, 15) is 14.7 Å². The summed E-state index contributed by atoms with van der Waals surface area (Å²) in [6.07, 6.45) is 1.53. The van der Waals surface area contributed by atoms with Crippen LogP contribution in [0.25, 0.3) is 0 Å². The van der Waals surface area contributed by atoms with E-state index in [0.717, 1.165) is 0 Å². The number of rotatable bonds is 2. The van der Waals surface area contributed by atoms with E-state index in [-0.39, 0.29) is 22.9 Å². The van der Waals surface area contributed by atoms with Crippen LogP contribution < -0.4 is 5.11 Å². The van der Waals surface area contributed by atoms with Gasteiger partial charge in [0.25, 0.3) is 0 Å². The molecule has 0 amide bonds. The van der Waals surface area contributed by atoms with Crippen LogP contribution in [0.2, 0.25) is 0 Å². The summed E-state index contributed by atoms with van der Waals surface area (Å²) >= 11 is 0. The van der Waals surface area contributed by atoms with Gasteiger partial charge < -0.3 is 16.3 Å². The first-order valence-electron chi connectivity index (χ1n) is 2.97. The molecule has 11 heavy (non-hydrogen) atoms. The Hall–Kier alpha value is -0.341. The van der Waals surface area contributed by atoms with Gasteiger partial charge in [-0.25, -0.2) is 0 Å². The number of aliphatic carboxylic acids is 1. The molecule has 0 aliphatic rings. The summed E-state index contributed by atoms with van der Waals surface area (Å²) in [4.78, 5) is 19.3. The van der Waals surface area contributed by atoms with Gasteiger partial charge in [0.1, 0.15) is 5.78 Å². The second kappa shape index (κ2) is 12.3. The molecule has 4 heteroatoms. The summed E-state index contributed by atoms with van der Waals surface area (Å²) in [6, 6.07) is 0. The van der Waals surface area contributed by atoms with Crippen molar-refractivity contribution in [3.05, 3.63) is 6.42 Å². The average molecular weight is 200 g/mol. The summed E-state index contributed by atoms with van der Waals surface area (Å²) in [5, 5.41) is 9.48. The van der Waals surface area contributed by atoms with Gasteiger partial charge in [0, 0.05) is 12.4 Å². The van der Waals surface area contributed by atoms with Crippen molar-refractivity contribution in [2.75, 3.05) is 0 Å². The monoisotopic (exact) mass is 200 g/mol. The zero-order valence-electron chi connectivity index (χ0n) is 6.86. The molecule has 0 unspecified atom stereocenters. The van der Waals surface area contributed by atoms with E-state index >= 15 is 0 Å². The third kappa shape index (κ3) is 42.3. The number of hydrogen-bond acceptors (Lipinski definition) is 3. The fraction of sp³-hybridized carbons (Fsp3) is 0.571. The molecular formula is C7H12FeO3. The maximum Gasteiger partial charge on any atom is 2.00 e. The van der Waals surface area contributed by atoms with Gasteiger partial charge in [0.15, 0.2) is 0 Å². The minimum absolute atomic E-state index is 0. The van der Waals surface area contributed by atoms with Crippen molar-refractivity contribution in [1.29, 1.82) is 0 Å². The molecule has 3 nitrogen and oxygen atoms in total. The third-order valence-corrected chi connectivity index (χ3v) is 0.393. The Labute approximate surface area is 77.6 Å². The summed E-state index contributed by atoms with van der Waals surface area (Å²) in [6.45, 7) is 5.20. The van der Waals surface area contributed by atoms with E-state index in [0.29, 0.717) is 0 Å². The molecule has 0 N–H and O–H groups in total. The Morgan fingerprint density at radius 3 is 1.64 bits per heavy atom. The van der Waals surface area contributed by atoms with Crippen molar-refractivity contribution in [2.45, 2.75) is 27.2 Å². The minimum atomic E-state index is -1.31. The number of carboxylic acids is 1. The second-order valence-electron chi connectivity index (χ2n) is 1.83. The number of carbonyl (C=O) groups excluding carboxylic acids is 2. The Morgan fingerprint density at radius 2 is 1.64 bits per heavy atom. The van der Waals surface area contributed by atoms with Crippen LogP contribution in [0.1, 0.15) is 27.2 Å². The van der Waals surface area contributed by atoms with Crippen LogP contribution in [-0.2, 0) is 26.7 Å². The average Bonchev–Trinajstić information content (AvgIpc) is 1.62. The molecule has 0 heterocycles. The van der Waals surface area contributed by atoms with Crippen LogP contribution in [0.15, 0.2) is 0 Å². The molecular weight excluding hydrogens is 188 g/mol. The van der Waals surface area contributed by atoms with E-state index in [1.807, 2.05) is 20.3 Å². The first-order chi connectivity index (χ1) is 4.54. The van der Waals surface area contributed by atoms with Crippen LogP contribution in [-0.4, -0.2) is 11.8 Å². The molecule has 0 atom stereocenters. The molecule has 66 valence electrons. The molecule has 0 aliphatic carbocycles. The largest absolute Gasteiger partial charge is 2.00 e. The Bertz CT molecular complexity index is 100. The zero-order chi connectivity index (χ0) is 8.57. The fourth-order valence-corrected chi connectivity index (χ4v) is 0.203. The van der Waals surface area contributed by atoms with Crippen LogP contribution in [0.5, 0.6) is 0 Å². The standard InChI is InChI=1S/C4H6O3.C3H7.Fe/c1-3(5)2-4(6)7;1-3-2;/h2H2,1H3,(H,6,7);3H,1-2H3;/q;-1;+2/p-1. The zero-order valence-corrected chi connectivity index (χ0v) is 7.97. The fourth-order valence-electron chi connectivity index (χ4n) is 0.203. The molecule has 0 saturated heterocycles. The van der Waals surface area contributed by atoms with Gasteiger partial charge in [-0.2, -0.15) is 13.8 Å². The van der Waals surface area contributed by atoms with Gasteiger partial charge in [-0.3, -0.25) is 4.79 Å². The van der Waals surface area contributed by atoms with E-state index in [4.69, 9.17) is 0 Å². The van der Waals surface area contributed by atoms with Gasteiger partial charge in [-0.15, -0.1) is 0 Å². The molecule has 0 aliphatic heterocycles. The topological polar surface area (TPSA) is 57.2 Å². The maximum atomic E-state index is 9.83. The van der Waals surface area contributed by atoms with Crippen molar-refractivity contribution in [2.24, 2.45) is 0 Å². The van der Waals surface area contributed by atoms with Gasteiger partial charge in [0.2, 0.25) is 0 Å². The molecule has 0 spiro atoms. The quantitative estimate of drug-likeness (QED) is 0.356. The smallest absolute Gasteiger partial charge is 0.550 e. The van der Waals surface area contributed by atoms with Crippen LogP contribution >= 0.6 is 0 Å². The summed E-state index contributed by atoms with van der Waals surface area (Å²) in [7, 11) is 0. The first kappa shape index (κ1) is 17.0. The summed E-state index contributed by atoms with van der Waals surface area (Å²) in [5.74, 6) is -1.69. The molecule has 0 rings (SSSR count). The first-order valence-corrected chi connectivity index (χ1v) is 2.97. The van der Waals surface area contributed by atoms with E-state index in [1.54, 1.807) is 0 Å². The predicted molar refractivity (Wildman–Crippen MR) is 36.0 cm³/mol. The molecule has 0 bridgehead atoms.